The van der Waals surface area contributed by atoms with Gasteiger partial charge in [0.2, 0.25) is 5.91 Å². The molecule has 0 heterocycles. The predicted molar refractivity (Wildman–Crippen MR) is 98.7 cm³/mol. The van der Waals surface area contributed by atoms with Gasteiger partial charge in [-0.2, -0.15) is 0 Å². The zero-order chi connectivity index (χ0) is 17.2. The summed E-state index contributed by atoms with van der Waals surface area (Å²) in [5.41, 5.74) is 1.23. The van der Waals surface area contributed by atoms with Crippen molar-refractivity contribution < 1.29 is 14.3 Å². The number of ether oxygens (including phenoxy) is 2. The Kier molecular flexibility index (Phi) is 7.49. The molecule has 2 rings (SSSR count). The Morgan fingerprint density at radius 1 is 1.08 bits per heavy atom. The van der Waals surface area contributed by atoms with Gasteiger partial charge >= 0.3 is 0 Å². The summed E-state index contributed by atoms with van der Waals surface area (Å²) in [5, 5.41) is 2.81. The molecule has 1 atom stereocenters. The molecule has 24 heavy (non-hydrogen) atoms. The van der Waals surface area contributed by atoms with Crippen LogP contribution in [-0.2, 0) is 10.5 Å². The summed E-state index contributed by atoms with van der Waals surface area (Å²) in [6.07, 6.45) is 0. The van der Waals surface area contributed by atoms with Crippen LogP contribution in [0, 0.1) is 0 Å². The standard InChI is InChI=1S/C19H23NO3S/c1-15(24-14-16-6-4-3-5-7-16)19(21)20-12-13-23-18-10-8-17(22-2)9-11-18/h3-11,15H,12-14H2,1-2H3,(H,20,21)/t15-/m1/s1. The third kappa shape index (κ3) is 6.16. The van der Waals surface area contributed by atoms with Gasteiger partial charge in [0.05, 0.1) is 18.9 Å². The van der Waals surface area contributed by atoms with Crippen molar-refractivity contribution in [1.29, 1.82) is 0 Å². The second kappa shape index (κ2) is 9.88. The van der Waals surface area contributed by atoms with E-state index in [9.17, 15) is 4.79 Å². The van der Waals surface area contributed by atoms with Gasteiger partial charge < -0.3 is 14.8 Å². The molecule has 0 bridgehead atoms. The van der Waals surface area contributed by atoms with Crippen LogP contribution >= 0.6 is 11.8 Å². The summed E-state index contributed by atoms with van der Waals surface area (Å²) < 4.78 is 10.7. The first kappa shape index (κ1) is 18.2. The minimum Gasteiger partial charge on any atom is -0.497 e. The summed E-state index contributed by atoms with van der Waals surface area (Å²) in [5.74, 6) is 2.42. The van der Waals surface area contributed by atoms with Crippen LogP contribution in [0.4, 0.5) is 0 Å². The maximum Gasteiger partial charge on any atom is 0.232 e. The number of carbonyl (C=O) groups is 1. The number of nitrogens with one attached hydrogen (secondary N) is 1. The van der Waals surface area contributed by atoms with Gasteiger partial charge in [0.15, 0.2) is 0 Å². The van der Waals surface area contributed by atoms with Gasteiger partial charge in [-0.25, -0.2) is 0 Å². The lowest BCUT2D eigenvalue weighted by molar-refractivity contribution is -0.120. The fourth-order valence-corrected chi connectivity index (χ4v) is 2.90. The van der Waals surface area contributed by atoms with E-state index in [0.29, 0.717) is 13.2 Å². The number of rotatable bonds is 9. The van der Waals surface area contributed by atoms with E-state index in [-0.39, 0.29) is 11.2 Å². The third-order valence-electron chi connectivity index (χ3n) is 3.44. The quantitative estimate of drug-likeness (QED) is 0.707. The van der Waals surface area contributed by atoms with Crippen LogP contribution in [0.2, 0.25) is 0 Å². The number of hydrogen-bond acceptors (Lipinski definition) is 4. The van der Waals surface area contributed by atoms with E-state index in [2.05, 4.69) is 17.4 Å². The minimum atomic E-state index is -0.0915. The maximum absolute atomic E-state index is 12.1. The Bertz CT molecular complexity index is 616. The largest absolute Gasteiger partial charge is 0.497 e. The first-order chi connectivity index (χ1) is 11.7. The van der Waals surface area contributed by atoms with E-state index in [1.165, 1.54) is 5.56 Å². The van der Waals surface area contributed by atoms with E-state index in [1.54, 1.807) is 18.9 Å². The average molecular weight is 345 g/mol. The predicted octanol–water partition coefficient (Wildman–Crippen LogP) is 3.51. The summed E-state index contributed by atoms with van der Waals surface area (Å²) in [7, 11) is 1.63. The molecule has 1 N–H and O–H groups in total. The number of hydrogen-bond donors (Lipinski definition) is 1. The second-order valence-electron chi connectivity index (χ2n) is 5.25. The molecule has 0 aromatic heterocycles. The van der Waals surface area contributed by atoms with E-state index in [4.69, 9.17) is 9.47 Å². The van der Waals surface area contributed by atoms with Crippen LogP contribution in [0.3, 0.4) is 0 Å². The van der Waals surface area contributed by atoms with E-state index >= 15 is 0 Å². The first-order valence-electron chi connectivity index (χ1n) is 7.89. The van der Waals surface area contributed by atoms with Crippen LogP contribution in [0.15, 0.2) is 54.6 Å². The van der Waals surface area contributed by atoms with Crippen molar-refractivity contribution in [3.8, 4) is 11.5 Å². The molecule has 0 aliphatic carbocycles. The molecule has 0 saturated heterocycles. The zero-order valence-corrected chi connectivity index (χ0v) is 14.8. The minimum absolute atomic E-state index is 0.0364. The lowest BCUT2D eigenvalue weighted by Gasteiger charge is -2.12. The number of carbonyl (C=O) groups excluding carboxylic acids is 1. The van der Waals surface area contributed by atoms with Gasteiger partial charge in [-0.15, -0.1) is 11.8 Å². The Morgan fingerprint density at radius 3 is 2.42 bits per heavy atom. The van der Waals surface area contributed by atoms with Gasteiger partial charge in [-0.1, -0.05) is 30.3 Å². The molecule has 4 nitrogen and oxygen atoms in total. The van der Waals surface area contributed by atoms with Crippen molar-refractivity contribution in [3.63, 3.8) is 0 Å². The van der Waals surface area contributed by atoms with E-state index in [0.717, 1.165) is 17.3 Å². The van der Waals surface area contributed by atoms with Crippen molar-refractivity contribution >= 4 is 17.7 Å². The van der Waals surface area contributed by atoms with Crippen LogP contribution in [-0.4, -0.2) is 31.4 Å². The highest BCUT2D eigenvalue weighted by molar-refractivity contribution is 7.99. The topological polar surface area (TPSA) is 47.6 Å². The molecule has 5 heteroatoms. The lowest BCUT2D eigenvalue weighted by Crippen LogP contribution is -2.34. The molecule has 0 aliphatic heterocycles. The van der Waals surface area contributed by atoms with Crippen molar-refractivity contribution in [2.45, 2.75) is 17.9 Å². The van der Waals surface area contributed by atoms with Crippen LogP contribution < -0.4 is 14.8 Å². The lowest BCUT2D eigenvalue weighted by atomic mass is 10.2. The van der Waals surface area contributed by atoms with Crippen molar-refractivity contribution in [1.82, 2.24) is 5.32 Å². The van der Waals surface area contributed by atoms with Gasteiger partial charge in [0.1, 0.15) is 18.1 Å². The van der Waals surface area contributed by atoms with Crippen LogP contribution in [0.1, 0.15) is 12.5 Å². The fraction of sp³-hybridized carbons (Fsp3) is 0.316. The second-order valence-corrected chi connectivity index (χ2v) is 6.58. The smallest absolute Gasteiger partial charge is 0.232 e. The molecule has 128 valence electrons. The highest BCUT2D eigenvalue weighted by Gasteiger charge is 2.12. The van der Waals surface area contributed by atoms with Gasteiger partial charge in [-0.3, -0.25) is 4.79 Å². The highest BCUT2D eigenvalue weighted by atomic mass is 32.2. The number of methoxy groups -OCH3 is 1. The highest BCUT2D eigenvalue weighted by Crippen LogP contribution is 2.18. The number of thioether (sulfide) groups is 1. The van der Waals surface area contributed by atoms with E-state index < -0.39 is 0 Å². The Morgan fingerprint density at radius 2 is 1.75 bits per heavy atom. The maximum atomic E-state index is 12.1. The summed E-state index contributed by atoms with van der Waals surface area (Å²) >= 11 is 1.63. The van der Waals surface area contributed by atoms with Crippen molar-refractivity contribution in [2.24, 2.45) is 0 Å². The molecular weight excluding hydrogens is 322 g/mol. The van der Waals surface area contributed by atoms with Crippen molar-refractivity contribution in [3.05, 3.63) is 60.2 Å². The molecule has 0 aliphatic rings. The van der Waals surface area contributed by atoms with E-state index in [1.807, 2.05) is 49.4 Å². The van der Waals surface area contributed by atoms with Crippen LogP contribution in [0.5, 0.6) is 11.5 Å². The SMILES string of the molecule is COc1ccc(OCCNC(=O)[C@@H](C)SCc2ccccc2)cc1. The normalized spacial score (nSPS) is 11.6. The molecule has 0 fully saturated rings. The Labute approximate surface area is 147 Å². The molecule has 2 aromatic carbocycles. The summed E-state index contributed by atoms with van der Waals surface area (Å²) in [4.78, 5) is 12.1. The monoisotopic (exact) mass is 345 g/mol. The average Bonchev–Trinajstić information content (AvgIpc) is 2.64. The molecule has 0 radical (unpaired) electrons. The van der Waals surface area contributed by atoms with Gasteiger partial charge in [0, 0.05) is 5.75 Å². The van der Waals surface area contributed by atoms with Crippen molar-refractivity contribution in [2.75, 3.05) is 20.3 Å². The van der Waals surface area contributed by atoms with Gasteiger partial charge in [-0.05, 0) is 36.8 Å². The fourth-order valence-electron chi connectivity index (χ4n) is 2.03. The van der Waals surface area contributed by atoms with Gasteiger partial charge in [0.25, 0.3) is 0 Å². The molecule has 1 amide bonds. The molecule has 2 aromatic rings. The van der Waals surface area contributed by atoms with Crippen LogP contribution in [0.25, 0.3) is 0 Å². The molecule has 0 spiro atoms. The Balaban J connectivity index is 1.63. The Hall–Kier alpha value is -2.14. The zero-order valence-electron chi connectivity index (χ0n) is 14.0. The molecule has 0 saturated carbocycles. The third-order valence-corrected chi connectivity index (χ3v) is 4.66. The molecule has 0 unspecified atom stereocenters. The summed E-state index contributed by atoms with van der Waals surface area (Å²) in [6, 6.07) is 17.5. The first-order valence-corrected chi connectivity index (χ1v) is 8.94. The summed E-state index contributed by atoms with van der Waals surface area (Å²) in [6.45, 7) is 2.85. The molecular formula is C19H23NO3S. The number of benzene rings is 2. The number of amides is 1.